The number of amides is 2. The summed E-state index contributed by atoms with van der Waals surface area (Å²) >= 11 is 0. The Labute approximate surface area is 177 Å². The fourth-order valence-corrected chi connectivity index (χ4v) is 4.49. The van der Waals surface area contributed by atoms with Crippen LogP contribution in [0.25, 0.3) is 0 Å². The molecule has 1 aliphatic heterocycles. The van der Waals surface area contributed by atoms with Crippen LogP contribution >= 0.6 is 0 Å². The number of nitrogens with zero attached hydrogens (tertiary/aromatic N) is 3. The van der Waals surface area contributed by atoms with Crippen LogP contribution in [0.1, 0.15) is 5.56 Å². The van der Waals surface area contributed by atoms with Gasteiger partial charge >= 0.3 is 12.4 Å². The number of hydrogen-bond acceptors (Lipinski definition) is 5. The molecular formula is C19H21F3N4O4S. The number of alkyl halides is 3. The van der Waals surface area contributed by atoms with E-state index in [4.69, 9.17) is 0 Å². The third-order valence-electron chi connectivity index (χ3n) is 4.63. The van der Waals surface area contributed by atoms with Crippen molar-refractivity contribution in [3.8, 4) is 5.75 Å². The Bertz CT molecular complexity index is 977. The number of sulfonamides is 1. The highest BCUT2D eigenvalue weighted by Gasteiger charge is 2.32. The Morgan fingerprint density at radius 2 is 1.77 bits per heavy atom. The minimum absolute atomic E-state index is 0.0825. The number of hydrogen-bond donors (Lipinski definition) is 1. The first-order valence-corrected chi connectivity index (χ1v) is 10.9. The Morgan fingerprint density at radius 1 is 1.10 bits per heavy atom. The maximum atomic E-state index is 12.7. The fourth-order valence-electron chi connectivity index (χ4n) is 3.07. The van der Waals surface area contributed by atoms with Crippen LogP contribution in [0.15, 0.2) is 53.7 Å². The summed E-state index contributed by atoms with van der Waals surface area (Å²) < 4.78 is 67.1. The highest BCUT2D eigenvalue weighted by atomic mass is 32.2. The lowest BCUT2D eigenvalue weighted by Gasteiger charge is -2.34. The number of urea groups is 1. The molecule has 8 nitrogen and oxygen atoms in total. The van der Waals surface area contributed by atoms with E-state index in [0.717, 1.165) is 29.8 Å². The van der Waals surface area contributed by atoms with E-state index in [2.05, 4.69) is 15.0 Å². The summed E-state index contributed by atoms with van der Waals surface area (Å²) in [7, 11) is -3.89. The summed E-state index contributed by atoms with van der Waals surface area (Å²) in [5.74, 6) is -0.501. The molecule has 0 aliphatic carbocycles. The summed E-state index contributed by atoms with van der Waals surface area (Å²) in [6.07, 6.45) is -0.838. The number of halogens is 3. The van der Waals surface area contributed by atoms with Gasteiger partial charge in [0.05, 0.1) is 4.90 Å². The smallest absolute Gasteiger partial charge is 0.406 e. The van der Waals surface area contributed by atoms with Crippen molar-refractivity contribution in [1.82, 2.24) is 19.5 Å². The monoisotopic (exact) mass is 458 g/mol. The summed E-state index contributed by atoms with van der Waals surface area (Å²) in [4.78, 5) is 17.7. The van der Waals surface area contributed by atoms with E-state index in [9.17, 15) is 26.4 Å². The predicted molar refractivity (Wildman–Crippen MR) is 105 cm³/mol. The van der Waals surface area contributed by atoms with E-state index < -0.39 is 22.1 Å². The van der Waals surface area contributed by atoms with Crippen molar-refractivity contribution in [2.24, 2.45) is 0 Å². The summed E-state index contributed by atoms with van der Waals surface area (Å²) in [6, 6.07) is 7.47. The molecule has 0 unspecified atom stereocenters. The molecule has 12 heteroatoms. The van der Waals surface area contributed by atoms with E-state index >= 15 is 0 Å². The maximum absolute atomic E-state index is 12.7. The molecule has 0 radical (unpaired) electrons. The summed E-state index contributed by atoms with van der Waals surface area (Å²) in [5.41, 5.74) is 0.991. The van der Waals surface area contributed by atoms with Crippen LogP contribution in [0.3, 0.4) is 0 Å². The first kappa shape index (κ1) is 22.8. The number of ether oxygens (including phenoxy) is 1. The number of benzene rings is 1. The Hall–Kier alpha value is -2.86. The van der Waals surface area contributed by atoms with E-state index in [1.165, 1.54) is 9.21 Å². The van der Waals surface area contributed by atoms with Gasteiger partial charge in [-0.25, -0.2) is 13.2 Å². The predicted octanol–water partition coefficient (Wildman–Crippen LogP) is 2.24. The number of carbonyl (C=O) groups excluding carboxylic acids is 1. The second-order valence-electron chi connectivity index (χ2n) is 6.75. The lowest BCUT2D eigenvalue weighted by atomic mass is 10.2. The number of piperazine rings is 1. The average molecular weight is 458 g/mol. The van der Waals surface area contributed by atoms with E-state index in [-0.39, 0.29) is 37.1 Å². The van der Waals surface area contributed by atoms with Crippen LogP contribution in [0.5, 0.6) is 5.75 Å². The van der Waals surface area contributed by atoms with Crippen LogP contribution in [-0.4, -0.2) is 67.7 Å². The van der Waals surface area contributed by atoms with Crippen molar-refractivity contribution in [3.05, 3.63) is 54.4 Å². The molecule has 0 bridgehead atoms. The van der Waals surface area contributed by atoms with Crippen LogP contribution in [0.4, 0.5) is 18.0 Å². The molecule has 2 heterocycles. The number of aromatic nitrogens is 1. The van der Waals surface area contributed by atoms with Crippen molar-refractivity contribution < 1.29 is 31.1 Å². The fraction of sp³-hybridized carbons (Fsp3) is 0.368. The Morgan fingerprint density at radius 3 is 2.35 bits per heavy atom. The van der Waals surface area contributed by atoms with Gasteiger partial charge in [0.2, 0.25) is 10.0 Å². The molecule has 0 saturated carbocycles. The number of nitrogens with one attached hydrogen (secondary N) is 1. The zero-order valence-corrected chi connectivity index (χ0v) is 17.2. The third-order valence-corrected chi connectivity index (χ3v) is 6.55. The zero-order chi connectivity index (χ0) is 22.5. The van der Waals surface area contributed by atoms with Crippen molar-refractivity contribution in [3.63, 3.8) is 0 Å². The van der Waals surface area contributed by atoms with E-state index in [1.54, 1.807) is 12.4 Å². The molecule has 0 spiro atoms. The van der Waals surface area contributed by atoms with Gasteiger partial charge in [0.1, 0.15) is 5.75 Å². The maximum Gasteiger partial charge on any atom is 0.573 e. The first-order valence-electron chi connectivity index (χ1n) is 9.43. The Balaban J connectivity index is 1.50. The van der Waals surface area contributed by atoms with Gasteiger partial charge in [-0.1, -0.05) is 6.07 Å². The molecule has 31 heavy (non-hydrogen) atoms. The molecule has 1 aromatic heterocycles. The molecule has 168 valence electrons. The highest BCUT2D eigenvalue weighted by Crippen LogP contribution is 2.25. The van der Waals surface area contributed by atoms with Gasteiger partial charge in [-0.15, -0.1) is 13.2 Å². The molecule has 1 N–H and O–H groups in total. The van der Waals surface area contributed by atoms with Gasteiger partial charge in [-0.05, 0) is 42.3 Å². The number of pyridine rings is 1. The quantitative estimate of drug-likeness (QED) is 0.717. The van der Waals surface area contributed by atoms with Crippen LogP contribution in [0, 0.1) is 0 Å². The average Bonchev–Trinajstić information content (AvgIpc) is 2.74. The lowest BCUT2D eigenvalue weighted by molar-refractivity contribution is -0.274. The largest absolute Gasteiger partial charge is 0.573 e. The van der Waals surface area contributed by atoms with Crippen LogP contribution in [0.2, 0.25) is 0 Å². The lowest BCUT2D eigenvalue weighted by Crippen LogP contribution is -2.53. The second-order valence-corrected chi connectivity index (χ2v) is 8.69. The van der Waals surface area contributed by atoms with Crippen molar-refractivity contribution in [2.45, 2.75) is 17.7 Å². The normalized spacial score (nSPS) is 15.5. The molecule has 1 saturated heterocycles. The van der Waals surface area contributed by atoms with Gasteiger partial charge in [-0.2, -0.15) is 4.31 Å². The highest BCUT2D eigenvalue weighted by molar-refractivity contribution is 7.89. The topological polar surface area (TPSA) is 91.8 Å². The minimum Gasteiger partial charge on any atom is -0.406 e. The Kier molecular flexibility index (Phi) is 7.01. The van der Waals surface area contributed by atoms with Gasteiger partial charge < -0.3 is 15.0 Å². The number of rotatable bonds is 6. The molecule has 2 aromatic rings. The molecule has 2 amide bonds. The third kappa shape index (κ3) is 6.31. The summed E-state index contributed by atoms with van der Waals surface area (Å²) in [5, 5.41) is 2.80. The van der Waals surface area contributed by atoms with Crippen molar-refractivity contribution >= 4 is 16.1 Å². The zero-order valence-electron chi connectivity index (χ0n) is 16.4. The molecule has 0 atom stereocenters. The molecular weight excluding hydrogens is 437 g/mol. The summed E-state index contributed by atoms with van der Waals surface area (Å²) in [6.45, 7) is 0.994. The first-order chi connectivity index (χ1) is 14.6. The number of carbonyl (C=O) groups is 1. The van der Waals surface area contributed by atoms with Crippen LogP contribution in [-0.2, 0) is 16.4 Å². The molecule has 1 fully saturated rings. The van der Waals surface area contributed by atoms with Gasteiger partial charge in [0, 0.05) is 45.1 Å². The minimum atomic E-state index is -4.85. The standard InChI is InChI=1S/C19H21F3N4O4S/c20-19(21,22)30-16-3-5-17(6-4-16)31(28,29)26-12-10-25(11-13-26)18(27)24-9-7-15-2-1-8-23-14-15/h1-6,8,14H,7,9-13H2,(H,24,27). The van der Waals surface area contributed by atoms with Crippen molar-refractivity contribution in [1.29, 1.82) is 0 Å². The SMILES string of the molecule is O=C(NCCc1cccnc1)N1CCN(S(=O)(=O)c2ccc(OC(F)(F)F)cc2)CC1. The van der Waals surface area contributed by atoms with E-state index in [0.29, 0.717) is 13.0 Å². The van der Waals surface area contributed by atoms with Crippen molar-refractivity contribution in [2.75, 3.05) is 32.7 Å². The van der Waals surface area contributed by atoms with E-state index in [1.807, 2.05) is 12.1 Å². The molecule has 1 aromatic carbocycles. The van der Waals surface area contributed by atoms with Gasteiger partial charge in [0.25, 0.3) is 0 Å². The molecule has 3 rings (SSSR count). The molecule has 1 aliphatic rings. The van der Waals surface area contributed by atoms with Crippen LogP contribution < -0.4 is 10.1 Å². The second kappa shape index (κ2) is 9.52. The van der Waals surface area contributed by atoms with Gasteiger partial charge in [0.15, 0.2) is 0 Å². The van der Waals surface area contributed by atoms with Gasteiger partial charge in [-0.3, -0.25) is 4.98 Å².